The summed E-state index contributed by atoms with van der Waals surface area (Å²) >= 11 is 0. The molecule has 3 heteroatoms. The highest BCUT2D eigenvalue weighted by Crippen LogP contribution is 2.17. The van der Waals surface area contributed by atoms with Crippen LogP contribution >= 0.6 is 0 Å². The Kier molecular flexibility index (Phi) is 4.07. The number of nitrogens with one attached hydrogen (secondary N) is 1. The van der Waals surface area contributed by atoms with Crippen LogP contribution in [0.25, 0.3) is 10.9 Å². The van der Waals surface area contributed by atoms with Gasteiger partial charge in [0, 0.05) is 17.1 Å². The molecule has 0 aliphatic heterocycles. The topological polar surface area (TPSA) is 42.0 Å². The van der Waals surface area contributed by atoms with E-state index in [1.807, 2.05) is 36.4 Å². The lowest BCUT2D eigenvalue weighted by Crippen LogP contribution is -2.32. The van der Waals surface area contributed by atoms with Crippen molar-refractivity contribution in [1.82, 2.24) is 10.3 Å². The summed E-state index contributed by atoms with van der Waals surface area (Å²) in [4.78, 5) is 16.5. The number of hydrogen-bond donors (Lipinski definition) is 1. The van der Waals surface area contributed by atoms with Gasteiger partial charge in [0.2, 0.25) is 0 Å². The summed E-state index contributed by atoms with van der Waals surface area (Å²) in [6.45, 7) is 0.471. The lowest BCUT2D eigenvalue weighted by Gasteiger charge is -2.10. The fourth-order valence-electron chi connectivity index (χ4n) is 2.86. The molecule has 0 radical (unpaired) electrons. The molecule has 104 valence electrons. The normalized spacial score (nSPS) is 15.8. The fourth-order valence-corrected chi connectivity index (χ4v) is 2.86. The van der Waals surface area contributed by atoms with Crippen molar-refractivity contribution in [3.8, 4) is 0 Å². The van der Waals surface area contributed by atoms with Crippen LogP contribution < -0.4 is 5.32 Å². The molecule has 2 aromatic rings. The van der Waals surface area contributed by atoms with E-state index in [-0.39, 0.29) is 5.78 Å². The van der Waals surface area contributed by atoms with Gasteiger partial charge in [-0.05, 0) is 25.0 Å². The number of hydrogen-bond acceptors (Lipinski definition) is 3. The minimum absolute atomic E-state index is 0.222. The number of fused-ring (bicyclic) bond motifs is 1. The Morgan fingerprint density at radius 2 is 1.95 bits per heavy atom. The summed E-state index contributed by atoms with van der Waals surface area (Å²) in [5.74, 6) is 0.222. The molecule has 1 fully saturated rings. The van der Waals surface area contributed by atoms with Crippen LogP contribution in [-0.4, -0.2) is 23.4 Å². The summed E-state index contributed by atoms with van der Waals surface area (Å²) in [7, 11) is 0. The van der Waals surface area contributed by atoms with Crippen molar-refractivity contribution in [1.29, 1.82) is 0 Å². The monoisotopic (exact) mass is 268 g/mol. The molecule has 1 aromatic heterocycles. The second kappa shape index (κ2) is 6.14. The van der Waals surface area contributed by atoms with Gasteiger partial charge in [-0.2, -0.15) is 0 Å². The van der Waals surface area contributed by atoms with Gasteiger partial charge in [-0.1, -0.05) is 37.1 Å². The van der Waals surface area contributed by atoms with Crippen molar-refractivity contribution in [2.75, 3.05) is 6.54 Å². The van der Waals surface area contributed by atoms with E-state index in [4.69, 9.17) is 0 Å². The van der Waals surface area contributed by atoms with E-state index in [0.717, 1.165) is 16.6 Å². The third-order valence-electron chi connectivity index (χ3n) is 3.98. The van der Waals surface area contributed by atoms with Crippen molar-refractivity contribution >= 4 is 16.7 Å². The SMILES string of the molecule is O=C(CNC1CCCC1)Cc1ccc2ccccc2n1. The summed E-state index contributed by atoms with van der Waals surface area (Å²) < 4.78 is 0. The Morgan fingerprint density at radius 3 is 2.80 bits per heavy atom. The van der Waals surface area contributed by atoms with Gasteiger partial charge in [0.1, 0.15) is 0 Å². The maximum atomic E-state index is 12.0. The second-order valence-electron chi connectivity index (χ2n) is 5.57. The minimum Gasteiger partial charge on any atom is -0.307 e. The zero-order valence-corrected chi connectivity index (χ0v) is 11.6. The molecule has 1 heterocycles. The smallest absolute Gasteiger partial charge is 0.152 e. The predicted molar refractivity (Wildman–Crippen MR) is 80.7 cm³/mol. The van der Waals surface area contributed by atoms with E-state index >= 15 is 0 Å². The number of ketones is 1. The van der Waals surface area contributed by atoms with Gasteiger partial charge < -0.3 is 5.32 Å². The van der Waals surface area contributed by atoms with Crippen molar-refractivity contribution in [3.05, 3.63) is 42.1 Å². The Morgan fingerprint density at radius 1 is 1.15 bits per heavy atom. The van der Waals surface area contributed by atoms with Gasteiger partial charge in [0.25, 0.3) is 0 Å². The molecule has 1 aromatic carbocycles. The van der Waals surface area contributed by atoms with Crippen LogP contribution in [0.1, 0.15) is 31.4 Å². The van der Waals surface area contributed by atoms with E-state index in [0.29, 0.717) is 19.0 Å². The first kappa shape index (κ1) is 13.3. The van der Waals surface area contributed by atoms with E-state index in [9.17, 15) is 4.79 Å². The molecular weight excluding hydrogens is 248 g/mol. The van der Waals surface area contributed by atoms with E-state index in [2.05, 4.69) is 10.3 Å². The predicted octanol–water partition coefficient (Wildman–Crippen LogP) is 2.88. The van der Waals surface area contributed by atoms with Crippen LogP contribution in [0, 0.1) is 0 Å². The van der Waals surface area contributed by atoms with Gasteiger partial charge in [-0.15, -0.1) is 0 Å². The van der Waals surface area contributed by atoms with E-state index < -0.39 is 0 Å². The number of carbonyl (C=O) groups excluding carboxylic acids is 1. The Balaban J connectivity index is 1.59. The molecule has 3 nitrogen and oxygen atoms in total. The highest BCUT2D eigenvalue weighted by molar-refractivity contribution is 5.84. The maximum absolute atomic E-state index is 12.0. The summed E-state index contributed by atoms with van der Waals surface area (Å²) in [5, 5.41) is 4.48. The molecule has 0 spiro atoms. The summed E-state index contributed by atoms with van der Waals surface area (Å²) in [6.07, 6.45) is 5.42. The third-order valence-corrected chi connectivity index (χ3v) is 3.98. The number of nitrogens with zero attached hydrogens (tertiary/aromatic N) is 1. The van der Waals surface area contributed by atoms with Gasteiger partial charge in [-0.25, -0.2) is 0 Å². The van der Waals surface area contributed by atoms with Crippen molar-refractivity contribution in [2.45, 2.75) is 38.1 Å². The van der Waals surface area contributed by atoms with Gasteiger partial charge in [0.05, 0.1) is 18.5 Å². The van der Waals surface area contributed by atoms with Gasteiger partial charge >= 0.3 is 0 Å². The first-order valence-corrected chi connectivity index (χ1v) is 7.41. The molecule has 0 saturated heterocycles. The highest BCUT2D eigenvalue weighted by atomic mass is 16.1. The Bertz CT molecular complexity index is 603. The zero-order valence-electron chi connectivity index (χ0n) is 11.6. The molecule has 0 unspecified atom stereocenters. The van der Waals surface area contributed by atoms with Crippen LogP contribution in [0.5, 0.6) is 0 Å². The average molecular weight is 268 g/mol. The van der Waals surface area contributed by atoms with Crippen LogP contribution in [0.3, 0.4) is 0 Å². The number of benzene rings is 1. The molecular formula is C17H20N2O. The minimum atomic E-state index is 0.222. The maximum Gasteiger partial charge on any atom is 0.152 e. The molecule has 1 saturated carbocycles. The van der Waals surface area contributed by atoms with Crippen LogP contribution in [0.4, 0.5) is 0 Å². The standard InChI is InChI=1S/C17H20N2O/c20-16(12-18-14-6-2-3-7-14)11-15-10-9-13-5-1-4-8-17(13)19-15/h1,4-5,8-10,14,18H,2-3,6-7,11-12H2. The average Bonchev–Trinajstić information content (AvgIpc) is 2.98. The number of pyridine rings is 1. The molecule has 1 N–H and O–H groups in total. The number of para-hydroxylation sites is 1. The molecule has 20 heavy (non-hydrogen) atoms. The number of carbonyl (C=O) groups is 1. The lowest BCUT2D eigenvalue weighted by molar-refractivity contribution is -0.117. The van der Waals surface area contributed by atoms with Crippen LogP contribution in [0.15, 0.2) is 36.4 Å². The van der Waals surface area contributed by atoms with Crippen LogP contribution in [0.2, 0.25) is 0 Å². The molecule has 0 amide bonds. The first-order chi connectivity index (χ1) is 9.81. The first-order valence-electron chi connectivity index (χ1n) is 7.41. The Labute approximate surface area is 119 Å². The van der Waals surface area contributed by atoms with Crippen molar-refractivity contribution < 1.29 is 4.79 Å². The molecule has 1 aliphatic rings. The molecule has 1 aliphatic carbocycles. The quantitative estimate of drug-likeness (QED) is 0.906. The van der Waals surface area contributed by atoms with Crippen LogP contribution in [-0.2, 0) is 11.2 Å². The van der Waals surface area contributed by atoms with Crippen molar-refractivity contribution in [2.24, 2.45) is 0 Å². The van der Waals surface area contributed by atoms with E-state index in [1.54, 1.807) is 0 Å². The van der Waals surface area contributed by atoms with E-state index in [1.165, 1.54) is 25.7 Å². The molecule has 0 bridgehead atoms. The zero-order chi connectivity index (χ0) is 13.8. The number of aromatic nitrogens is 1. The highest BCUT2D eigenvalue weighted by Gasteiger charge is 2.15. The second-order valence-corrected chi connectivity index (χ2v) is 5.57. The van der Waals surface area contributed by atoms with Gasteiger partial charge in [0.15, 0.2) is 5.78 Å². The largest absolute Gasteiger partial charge is 0.307 e. The fraction of sp³-hybridized carbons (Fsp3) is 0.412. The molecule has 0 atom stereocenters. The summed E-state index contributed by atoms with van der Waals surface area (Å²) in [6, 6.07) is 12.5. The number of Topliss-reactive ketones (excluding diaryl/α,β-unsaturated/α-hetero) is 1. The Hall–Kier alpha value is -1.74. The summed E-state index contributed by atoms with van der Waals surface area (Å²) in [5.41, 5.74) is 1.82. The molecule has 3 rings (SSSR count). The number of rotatable bonds is 5. The van der Waals surface area contributed by atoms with Gasteiger partial charge in [-0.3, -0.25) is 9.78 Å². The van der Waals surface area contributed by atoms with Crippen molar-refractivity contribution in [3.63, 3.8) is 0 Å². The third kappa shape index (κ3) is 3.23. The lowest BCUT2D eigenvalue weighted by atomic mass is 10.1.